The molecule has 3 rings (SSSR count). The van der Waals surface area contributed by atoms with Gasteiger partial charge in [0, 0.05) is 13.0 Å². The van der Waals surface area contributed by atoms with Crippen molar-refractivity contribution < 1.29 is 9.53 Å². The summed E-state index contributed by atoms with van der Waals surface area (Å²) in [5, 5.41) is 7.30. The third-order valence-corrected chi connectivity index (χ3v) is 4.22. The Kier molecular flexibility index (Phi) is 5.06. The molecule has 2 heterocycles. The second-order valence-electron chi connectivity index (χ2n) is 7.45. The number of carbonyl (C=O) groups is 1. The number of nitrogens with one attached hydrogen (secondary N) is 1. The number of rotatable bonds is 5. The van der Waals surface area contributed by atoms with Gasteiger partial charge < -0.3 is 4.74 Å². The summed E-state index contributed by atoms with van der Waals surface area (Å²) in [4.78, 5) is 18.5. The lowest BCUT2D eigenvalue weighted by Crippen LogP contribution is -2.47. The summed E-state index contributed by atoms with van der Waals surface area (Å²) < 4.78 is 5.44. The van der Waals surface area contributed by atoms with E-state index in [-0.39, 0.29) is 12.1 Å². The lowest BCUT2D eigenvalue weighted by molar-refractivity contribution is -0.00733. The van der Waals surface area contributed by atoms with E-state index in [2.05, 4.69) is 39.4 Å². The van der Waals surface area contributed by atoms with Crippen molar-refractivity contribution in [1.82, 2.24) is 20.1 Å². The van der Waals surface area contributed by atoms with E-state index in [1.807, 2.05) is 26.8 Å². The zero-order chi connectivity index (χ0) is 17.9. The SMILES string of the molecule is CC(C)(C)OC(=O)N1CC[C@H]1c1nc(CCCc2ccccc2)n[nH]1. The minimum Gasteiger partial charge on any atom is -0.444 e. The summed E-state index contributed by atoms with van der Waals surface area (Å²) in [6.07, 6.45) is 3.44. The first-order valence-electron chi connectivity index (χ1n) is 8.87. The predicted octanol–water partition coefficient (Wildman–Crippen LogP) is 3.66. The molecule has 0 bridgehead atoms. The van der Waals surface area contributed by atoms with Crippen LogP contribution in [0.5, 0.6) is 0 Å². The molecular formula is C19H26N4O2. The van der Waals surface area contributed by atoms with Gasteiger partial charge in [-0.25, -0.2) is 9.78 Å². The lowest BCUT2D eigenvalue weighted by Gasteiger charge is -2.39. The number of hydrogen-bond donors (Lipinski definition) is 1. The molecule has 6 heteroatoms. The van der Waals surface area contributed by atoms with Crippen molar-refractivity contribution >= 4 is 6.09 Å². The van der Waals surface area contributed by atoms with Gasteiger partial charge in [0.15, 0.2) is 5.82 Å². The Balaban J connectivity index is 1.52. The highest BCUT2D eigenvalue weighted by atomic mass is 16.6. The van der Waals surface area contributed by atoms with E-state index >= 15 is 0 Å². The van der Waals surface area contributed by atoms with Crippen LogP contribution in [0.2, 0.25) is 0 Å². The maximum Gasteiger partial charge on any atom is 0.410 e. The normalized spacial score (nSPS) is 17.2. The van der Waals surface area contributed by atoms with Crippen molar-refractivity contribution in [2.45, 2.75) is 58.1 Å². The monoisotopic (exact) mass is 342 g/mol. The van der Waals surface area contributed by atoms with E-state index in [1.54, 1.807) is 4.90 Å². The summed E-state index contributed by atoms with van der Waals surface area (Å²) in [7, 11) is 0. The standard InChI is InChI=1S/C19H26N4O2/c1-19(2,3)25-18(24)23-13-12-15(23)17-20-16(21-22-17)11-7-10-14-8-5-4-6-9-14/h4-6,8-9,15H,7,10-13H2,1-3H3,(H,20,21,22)/t15-/m0/s1. The van der Waals surface area contributed by atoms with Crippen LogP contribution in [0.1, 0.15) is 56.9 Å². The fourth-order valence-corrected chi connectivity index (χ4v) is 2.88. The number of H-pyrrole nitrogens is 1. The minimum absolute atomic E-state index is 0.0507. The number of aromatic nitrogens is 3. The van der Waals surface area contributed by atoms with Crippen LogP contribution in [-0.4, -0.2) is 38.3 Å². The number of benzene rings is 1. The molecule has 0 saturated carbocycles. The first-order chi connectivity index (χ1) is 11.9. The van der Waals surface area contributed by atoms with Crippen LogP contribution in [0.3, 0.4) is 0 Å². The molecule has 0 radical (unpaired) electrons. The van der Waals surface area contributed by atoms with E-state index in [9.17, 15) is 4.79 Å². The second kappa shape index (κ2) is 7.25. The van der Waals surface area contributed by atoms with Gasteiger partial charge in [-0.15, -0.1) is 0 Å². The zero-order valence-electron chi connectivity index (χ0n) is 15.2. The van der Waals surface area contributed by atoms with E-state index < -0.39 is 5.60 Å². The highest BCUT2D eigenvalue weighted by Gasteiger charge is 2.38. The molecule has 1 saturated heterocycles. The third-order valence-electron chi connectivity index (χ3n) is 4.22. The van der Waals surface area contributed by atoms with Crippen molar-refractivity contribution in [1.29, 1.82) is 0 Å². The highest BCUT2D eigenvalue weighted by Crippen LogP contribution is 2.32. The van der Waals surface area contributed by atoms with Crippen molar-refractivity contribution in [2.24, 2.45) is 0 Å². The molecule has 134 valence electrons. The fourth-order valence-electron chi connectivity index (χ4n) is 2.88. The van der Waals surface area contributed by atoms with Gasteiger partial charge in [-0.05, 0) is 45.6 Å². The van der Waals surface area contributed by atoms with Crippen molar-refractivity contribution in [2.75, 3.05) is 6.54 Å². The maximum atomic E-state index is 12.2. The molecule has 1 fully saturated rings. The number of likely N-dealkylation sites (tertiary alicyclic amines) is 1. The molecule has 0 aliphatic carbocycles. The average Bonchev–Trinajstić information content (AvgIpc) is 2.93. The summed E-state index contributed by atoms with van der Waals surface area (Å²) in [5.74, 6) is 1.56. The largest absolute Gasteiger partial charge is 0.444 e. The first kappa shape index (κ1) is 17.5. The van der Waals surface area contributed by atoms with E-state index in [4.69, 9.17) is 4.74 Å². The van der Waals surface area contributed by atoms with Crippen LogP contribution in [0.15, 0.2) is 30.3 Å². The molecule has 1 amide bonds. The molecule has 2 aromatic rings. The van der Waals surface area contributed by atoms with Crippen molar-refractivity contribution in [3.05, 3.63) is 47.5 Å². The number of amides is 1. The Morgan fingerprint density at radius 3 is 2.68 bits per heavy atom. The van der Waals surface area contributed by atoms with E-state index in [0.717, 1.165) is 37.3 Å². The summed E-state index contributed by atoms with van der Waals surface area (Å²) in [6, 6.07) is 10.4. The van der Waals surface area contributed by atoms with Crippen LogP contribution < -0.4 is 0 Å². The minimum atomic E-state index is -0.485. The molecule has 1 aromatic heterocycles. The van der Waals surface area contributed by atoms with Crippen LogP contribution >= 0.6 is 0 Å². The van der Waals surface area contributed by atoms with Gasteiger partial charge in [0.25, 0.3) is 0 Å². The summed E-state index contributed by atoms with van der Waals surface area (Å²) in [5.41, 5.74) is 0.842. The number of ether oxygens (including phenoxy) is 1. The number of aromatic amines is 1. The Morgan fingerprint density at radius 1 is 1.28 bits per heavy atom. The lowest BCUT2D eigenvalue weighted by atomic mass is 10.0. The number of nitrogens with zero attached hydrogens (tertiary/aromatic N) is 3. The average molecular weight is 342 g/mol. The van der Waals surface area contributed by atoms with Gasteiger partial charge in [0.05, 0.1) is 6.04 Å². The van der Waals surface area contributed by atoms with Crippen LogP contribution in [-0.2, 0) is 17.6 Å². The highest BCUT2D eigenvalue weighted by molar-refractivity contribution is 5.69. The number of hydrogen-bond acceptors (Lipinski definition) is 4. The number of carbonyl (C=O) groups excluding carboxylic acids is 1. The molecule has 1 aliphatic rings. The molecule has 0 unspecified atom stereocenters. The Hall–Kier alpha value is -2.37. The molecule has 0 spiro atoms. The Labute approximate surface area is 148 Å². The topological polar surface area (TPSA) is 71.1 Å². The first-order valence-corrected chi connectivity index (χ1v) is 8.87. The fraction of sp³-hybridized carbons (Fsp3) is 0.526. The molecule has 1 N–H and O–H groups in total. The van der Waals surface area contributed by atoms with Crippen LogP contribution in [0.4, 0.5) is 4.79 Å². The van der Waals surface area contributed by atoms with Gasteiger partial charge >= 0.3 is 6.09 Å². The molecule has 6 nitrogen and oxygen atoms in total. The van der Waals surface area contributed by atoms with Gasteiger partial charge in [0.2, 0.25) is 0 Å². The van der Waals surface area contributed by atoms with Crippen molar-refractivity contribution in [3.8, 4) is 0 Å². The van der Waals surface area contributed by atoms with Crippen LogP contribution in [0, 0.1) is 0 Å². The van der Waals surface area contributed by atoms with Gasteiger partial charge in [-0.2, -0.15) is 5.10 Å². The second-order valence-corrected chi connectivity index (χ2v) is 7.45. The molecular weight excluding hydrogens is 316 g/mol. The van der Waals surface area contributed by atoms with Crippen LogP contribution in [0.25, 0.3) is 0 Å². The van der Waals surface area contributed by atoms with Crippen molar-refractivity contribution in [3.63, 3.8) is 0 Å². The smallest absolute Gasteiger partial charge is 0.410 e. The molecule has 1 aromatic carbocycles. The maximum absolute atomic E-state index is 12.2. The summed E-state index contributed by atoms with van der Waals surface area (Å²) in [6.45, 7) is 6.32. The van der Waals surface area contributed by atoms with E-state index in [0.29, 0.717) is 6.54 Å². The van der Waals surface area contributed by atoms with E-state index in [1.165, 1.54) is 5.56 Å². The molecule has 25 heavy (non-hydrogen) atoms. The zero-order valence-corrected chi connectivity index (χ0v) is 15.2. The molecule has 1 aliphatic heterocycles. The van der Waals surface area contributed by atoms with Gasteiger partial charge in [-0.3, -0.25) is 10.00 Å². The number of aryl methyl sites for hydroxylation is 2. The quantitative estimate of drug-likeness (QED) is 0.900. The Bertz CT molecular complexity index is 706. The van der Waals surface area contributed by atoms with Gasteiger partial charge in [-0.1, -0.05) is 30.3 Å². The van der Waals surface area contributed by atoms with Gasteiger partial charge in [0.1, 0.15) is 11.4 Å². The molecule has 1 atom stereocenters. The Morgan fingerprint density at radius 2 is 2.04 bits per heavy atom. The predicted molar refractivity (Wildman–Crippen MR) is 95.1 cm³/mol. The summed E-state index contributed by atoms with van der Waals surface area (Å²) >= 11 is 0. The third kappa shape index (κ3) is 4.59.